The largest absolute Gasteiger partial charge is 0.481 e. The van der Waals surface area contributed by atoms with Gasteiger partial charge in [0.1, 0.15) is 6.04 Å². The summed E-state index contributed by atoms with van der Waals surface area (Å²) in [5.74, 6) is 0.463. The zero-order chi connectivity index (χ0) is 18.5. The average molecular weight is 362 g/mol. The number of carbonyl (C=O) groups is 2. The first-order valence-corrected chi connectivity index (χ1v) is 8.95. The summed E-state index contributed by atoms with van der Waals surface area (Å²) >= 11 is 0. The number of ether oxygens (including phenoxy) is 2. The van der Waals surface area contributed by atoms with Crippen LogP contribution in [0.15, 0.2) is 18.3 Å². The SMILES string of the molecule is COCCN1CCN2CCCN(C(=O)c3ccc(OC)nc3)CC2C1=O. The standard InChI is InChI=1S/C18H26N4O4/c1-25-11-10-21-9-8-20-6-3-7-22(13-15(20)18(21)24)17(23)14-4-5-16(26-2)19-12-14/h4-5,12,15H,3,6-11,13H2,1-2H3. The molecule has 2 amide bonds. The minimum Gasteiger partial charge on any atom is -0.481 e. The van der Waals surface area contributed by atoms with E-state index in [1.54, 1.807) is 24.1 Å². The van der Waals surface area contributed by atoms with E-state index < -0.39 is 0 Å². The van der Waals surface area contributed by atoms with E-state index in [9.17, 15) is 9.59 Å². The van der Waals surface area contributed by atoms with Crippen LogP contribution >= 0.6 is 0 Å². The topological polar surface area (TPSA) is 75.2 Å². The van der Waals surface area contributed by atoms with Crippen molar-refractivity contribution >= 4 is 11.8 Å². The van der Waals surface area contributed by atoms with Gasteiger partial charge in [-0.1, -0.05) is 0 Å². The number of amides is 2. The molecule has 0 saturated carbocycles. The molecule has 1 aromatic rings. The van der Waals surface area contributed by atoms with Crippen LogP contribution in [0.2, 0.25) is 0 Å². The van der Waals surface area contributed by atoms with Crippen molar-refractivity contribution in [3.8, 4) is 5.88 Å². The van der Waals surface area contributed by atoms with Crippen LogP contribution in [0.25, 0.3) is 0 Å². The number of methoxy groups -OCH3 is 2. The van der Waals surface area contributed by atoms with Gasteiger partial charge < -0.3 is 19.3 Å². The second-order valence-electron chi connectivity index (χ2n) is 6.56. The van der Waals surface area contributed by atoms with Crippen LogP contribution in [-0.4, -0.2) is 97.6 Å². The number of nitrogens with zero attached hydrogens (tertiary/aromatic N) is 4. The molecule has 8 heteroatoms. The maximum atomic E-state index is 12.9. The van der Waals surface area contributed by atoms with Gasteiger partial charge in [-0.15, -0.1) is 0 Å². The Balaban J connectivity index is 1.71. The van der Waals surface area contributed by atoms with E-state index in [1.165, 1.54) is 13.3 Å². The number of piperazine rings is 1. The Bertz CT molecular complexity index is 637. The van der Waals surface area contributed by atoms with E-state index in [-0.39, 0.29) is 17.9 Å². The Morgan fingerprint density at radius 3 is 2.77 bits per heavy atom. The Labute approximate surface area is 153 Å². The van der Waals surface area contributed by atoms with E-state index in [0.29, 0.717) is 37.7 Å². The smallest absolute Gasteiger partial charge is 0.255 e. The van der Waals surface area contributed by atoms with Gasteiger partial charge in [-0.05, 0) is 12.5 Å². The van der Waals surface area contributed by atoms with Crippen molar-refractivity contribution in [2.45, 2.75) is 12.5 Å². The molecule has 1 atom stereocenters. The lowest BCUT2D eigenvalue weighted by atomic mass is 10.1. The summed E-state index contributed by atoms with van der Waals surface area (Å²) in [6.45, 7) is 4.56. The van der Waals surface area contributed by atoms with Crippen molar-refractivity contribution in [3.63, 3.8) is 0 Å². The molecule has 0 aliphatic carbocycles. The van der Waals surface area contributed by atoms with Crippen molar-refractivity contribution < 1.29 is 19.1 Å². The van der Waals surface area contributed by atoms with Crippen molar-refractivity contribution in [2.75, 3.05) is 60.1 Å². The van der Waals surface area contributed by atoms with Gasteiger partial charge in [0.15, 0.2) is 0 Å². The van der Waals surface area contributed by atoms with Crippen LogP contribution in [0.1, 0.15) is 16.8 Å². The monoisotopic (exact) mass is 362 g/mol. The normalized spacial score (nSPS) is 21.3. The molecule has 0 radical (unpaired) electrons. The Kier molecular flexibility index (Phi) is 6.05. The van der Waals surface area contributed by atoms with Crippen LogP contribution in [0.5, 0.6) is 5.88 Å². The number of pyridine rings is 1. The molecule has 2 aliphatic rings. The fourth-order valence-corrected chi connectivity index (χ4v) is 3.53. The Hall–Kier alpha value is -2.19. The predicted molar refractivity (Wildman–Crippen MR) is 95.1 cm³/mol. The van der Waals surface area contributed by atoms with Gasteiger partial charge >= 0.3 is 0 Å². The maximum absolute atomic E-state index is 12.9. The van der Waals surface area contributed by atoms with Crippen molar-refractivity contribution in [2.24, 2.45) is 0 Å². The number of hydrogen-bond donors (Lipinski definition) is 0. The third-order valence-electron chi connectivity index (χ3n) is 5.01. The van der Waals surface area contributed by atoms with Crippen molar-refractivity contribution in [1.29, 1.82) is 0 Å². The van der Waals surface area contributed by atoms with Gasteiger partial charge in [0.05, 0.1) is 19.3 Å². The molecule has 26 heavy (non-hydrogen) atoms. The van der Waals surface area contributed by atoms with Crippen molar-refractivity contribution in [3.05, 3.63) is 23.9 Å². The number of rotatable bonds is 5. The summed E-state index contributed by atoms with van der Waals surface area (Å²) in [6, 6.07) is 3.11. The van der Waals surface area contributed by atoms with E-state index in [4.69, 9.17) is 9.47 Å². The van der Waals surface area contributed by atoms with Gasteiger partial charge in [-0.2, -0.15) is 0 Å². The van der Waals surface area contributed by atoms with Crippen molar-refractivity contribution in [1.82, 2.24) is 19.7 Å². The van der Waals surface area contributed by atoms with Gasteiger partial charge in [-0.25, -0.2) is 4.98 Å². The molecule has 8 nitrogen and oxygen atoms in total. The lowest BCUT2D eigenvalue weighted by molar-refractivity contribution is -0.142. The average Bonchev–Trinajstić information content (AvgIpc) is 2.90. The molecule has 2 saturated heterocycles. The summed E-state index contributed by atoms with van der Waals surface area (Å²) < 4.78 is 10.1. The number of carbonyl (C=O) groups excluding carboxylic acids is 2. The molecular weight excluding hydrogens is 336 g/mol. The molecule has 0 aromatic carbocycles. The number of aromatic nitrogens is 1. The van der Waals surface area contributed by atoms with E-state index in [1.807, 2.05) is 4.90 Å². The highest BCUT2D eigenvalue weighted by atomic mass is 16.5. The molecule has 0 spiro atoms. The zero-order valence-electron chi connectivity index (χ0n) is 15.4. The lowest BCUT2D eigenvalue weighted by Crippen LogP contribution is -2.60. The van der Waals surface area contributed by atoms with Gasteiger partial charge in [-0.3, -0.25) is 14.5 Å². The van der Waals surface area contributed by atoms with Crippen LogP contribution in [0.3, 0.4) is 0 Å². The molecule has 3 heterocycles. The zero-order valence-corrected chi connectivity index (χ0v) is 15.4. The molecule has 1 aromatic heterocycles. The third-order valence-corrected chi connectivity index (χ3v) is 5.01. The first-order valence-electron chi connectivity index (χ1n) is 8.95. The van der Waals surface area contributed by atoms with Crippen LogP contribution < -0.4 is 4.74 Å². The fraction of sp³-hybridized carbons (Fsp3) is 0.611. The molecule has 0 N–H and O–H groups in total. The lowest BCUT2D eigenvalue weighted by Gasteiger charge is -2.40. The minimum absolute atomic E-state index is 0.0841. The Morgan fingerprint density at radius 1 is 1.23 bits per heavy atom. The quantitative estimate of drug-likeness (QED) is 0.739. The number of fused-ring (bicyclic) bond motifs is 1. The summed E-state index contributed by atoms with van der Waals surface area (Å²) in [7, 11) is 3.17. The molecular formula is C18H26N4O4. The molecule has 1 unspecified atom stereocenters. The third kappa shape index (κ3) is 3.96. The summed E-state index contributed by atoms with van der Waals surface area (Å²) in [5, 5.41) is 0. The molecule has 0 bridgehead atoms. The highest BCUT2D eigenvalue weighted by Gasteiger charge is 2.38. The van der Waals surface area contributed by atoms with Crippen LogP contribution in [-0.2, 0) is 9.53 Å². The Morgan fingerprint density at radius 2 is 2.08 bits per heavy atom. The van der Waals surface area contributed by atoms with E-state index >= 15 is 0 Å². The molecule has 3 rings (SSSR count). The van der Waals surface area contributed by atoms with Gasteiger partial charge in [0.2, 0.25) is 11.8 Å². The highest BCUT2D eigenvalue weighted by molar-refractivity contribution is 5.94. The molecule has 2 aliphatic heterocycles. The highest BCUT2D eigenvalue weighted by Crippen LogP contribution is 2.19. The second kappa shape index (κ2) is 8.46. The second-order valence-corrected chi connectivity index (χ2v) is 6.56. The van der Waals surface area contributed by atoms with E-state index in [0.717, 1.165) is 26.1 Å². The van der Waals surface area contributed by atoms with Crippen LogP contribution in [0.4, 0.5) is 0 Å². The maximum Gasteiger partial charge on any atom is 0.255 e. The van der Waals surface area contributed by atoms with E-state index in [2.05, 4.69) is 9.88 Å². The first-order chi connectivity index (χ1) is 12.6. The predicted octanol–water partition coefficient (Wildman–Crippen LogP) is 0.0953. The van der Waals surface area contributed by atoms with Crippen LogP contribution in [0, 0.1) is 0 Å². The summed E-state index contributed by atoms with van der Waals surface area (Å²) in [4.78, 5) is 35.7. The molecule has 142 valence electrons. The summed E-state index contributed by atoms with van der Waals surface area (Å²) in [6.07, 6.45) is 2.38. The first kappa shape index (κ1) is 18.6. The molecule has 2 fully saturated rings. The van der Waals surface area contributed by atoms with Gasteiger partial charge in [0.25, 0.3) is 5.91 Å². The summed E-state index contributed by atoms with van der Waals surface area (Å²) in [5.41, 5.74) is 0.513. The number of hydrogen-bond acceptors (Lipinski definition) is 6. The van der Waals surface area contributed by atoms with Gasteiger partial charge in [0, 0.05) is 58.6 Å². The fourth-order valence-electron chi connectivity index (χ4n) is 3.53. The minimum atomic E-state index is -0.279.